The molecule has 1 aliphatic carbocycles. The lowest BCUT2D eigenvalue weighted by Gasteiger charge is -2.15. The largest absolute Gasteiger partial charge is 0.457 e. The summed E-state index contributed by atoms with van der Waals surface area (Å²) in [6, 6.07) is 13.0. The third-order valence-electron chi connectivity index (χ3n) is 5.45. The summed E-state index contributed by atoms with van der Waals surface area (Å²) in [5.41, 5.74) is 4.88. The average molecular weight is 377 g/mol. The number of benzene rings is 2. The van der Waals surface area contributed by atoms with Gasteiger partial charge < -0.3 is 9.64 Å². The molecule has 2 aliphatic rings. The summed E-state index contributed by atoms with van der Waals surface area (Å²) < 4.78 is 5.18. The Balaban J connectivity index is 1.30. The number of hydrogen-bond acceptors (Lipinski definition) is 4. The van der Waals surface area contributed by atoms with Crippen LogP contribution in [-0.4, -0.2) is 30.8 Å². The molecule has 1 amide bonds. The number of aryl methyl sites for hydroxylation is 2. The fourth-order valence-corrected chi connectivity index (χ4v) is 3.93. The van der Waals surface area contributed by atoms with Gasteiger partial charge in [-0.15, -0.1) is 0 Å². The number of carbonyl (C=O) groups excluding carboxylic acids is 3. The number of hydrogen-bond donors (Lipinski definition) is 0. The van der Waals surface area contributed by atoms with Crippen LogP contribution in [0.3, 0.4) is 0 Å². The summed E-state index contributed by atoms with van der Waals surface area (Å²) in [5.74, 6) is -0.535. The normalized spacial score (nSPS) is 15.6. The number of ketones is 1. The van der Waals surface area contributed by atoms with Gasteiger partial charge in [-0.3, -0.25) is 14.4 Å². The van der Waals surface area contributed by atoms with E-state index in [-0.39, 0.29) is 24.7 Å². The van der Waals surface area contributed by atoms with E-state index in [0.29, 0.717) is 18.5 Å². The van der Waals surface area contributed by atoms with Crippen LogP contribution in [0.25, 0.3) is 0 Å². The van der Waals surface area contributed by atoms with Gasteiger partial charge >= 0.3 is 5.97 Å². The first-order valence-corrected chi connectivity index (χ1v) is 9.80. The number of carbonyl (C=O) groups is 3. The van der Waals surface area contributed by atoms with Gasteiger partial charge in [-0.1, -0.05) is 18.2 Å². The smallest absolute Gasteiger partial charge is 0.310 e. The lowest BCUT2D eigenvalue weighted by atomic mass is 10.0. The van der Waals surface area contributed by atoms with E-state index in [4.69, 9.17) is 4.74 Å². The summed E-state index contributed by atoms with van der Waals surface area (Å²) >= 11 is 0. The van der Waals surface area contributed by atoms with E-state index in [1.165, 1.54) is 17.5 Å². The van der Waals surface area contributed by atoms with Crippen molar-refractivity contribution < 1.29 is 19.1 Å². The predicted molar refractivity (Wildman–Crippen MR) is 105 cm³/mol. The lowest BCUT2D eigenvalue weighted by Crippen LogP contribution is -2.23. The van der Waals surface area contributed by atoms with Crippen LogP contribution in [0.15, 0.2) is 42.5 Å². The molecule has 4 rings (SSSR count). The third-order valence-corrected chi connectivity index (χ3v) is 5.45. The summed E-state index contributed by atoms with van der Waals surface area (Å²) in [5, 5.41) is 0. The van der Waals surface area contributed by atoms with Crippen molar-refractivity contribution in [2.45, 2.75) is 38.5 Å². The molecule has 0 radical (unpaired) electrons. The van der Waals surface area contributed by atoms with Crippen LogP contribution in [0.1, 0.15) is 46.3 Å². The second-order valence-electron chi connectivity index (χ2n) is 7.41. The molecule has 0 aromatic heterocycles. The van der Waals surface area contributed by atoms with E-state index in [9.17, 15) is 14.4 Å². The summed E-state index contributed by atoms with van der Waals surface area (Å²) in [6.07, 6.45) is 4.95. The monoisotopic (exact) mass is 377 g/mol. The van der Waals surface area contributed by atoms with Crippen LogP contribution in [0, 0.1) is 0 Å². The standard InChI is InChI=1S/C23H23NO4/c25-21(18-8-10-20(11-9-18)24-12-2-5-22(24)26)15-28-23(27)14-16-6-7-17-3-1-4-19(17)13-16/h6-11,13H,1-5,12,14-15H2. The zero-order valence-electron chi connectivity index (χ0n) is 15.8. The number of amides is 1. The SMILES string of the molecule is O=C(Cc1ccc2c(c1)CCC2)OCC(=O)c1ccc(N2CCCC2=O)cc1. The molecule has 2 aromatic carbocycles. The summed E-state index contributed by atoms with van der Waals surface area (Å²) in [6.45, 7) is 0.443. The van der Waals surface area contributed by atoms with Gasteiger partial charge in [-0.25, -0.2) is 0 Å². The minimum atomic E-state index is -0.398. The van der Waals surface area contributed by atoms with E-state index in [1.807, 2.05) is 6.07 Å². The van der Waals surface area contributed by atoms with E-state index in [0.717, 1.165) is 30.5 Å². The first kappa shape index (κ1) is 18.4. The van der Waals surface area contributed by atoms with Crippen LogP contribution in [0.4, 0.5) is 5.69 Å². The number of fused-ring (bicyclic) bond motifs is 1. The Hall–Kier alpha value is -2.95. The molecular weight excluding hydrogens is 354 g/mol. The maximum Gasteiger partial charge on any atom is 0.310 e. The molecular formula is C23H23NO4. The molecule has 0 saturated carbocycles. The fourth-order valence-electron chi connectivity index (χ4n) is 3.93. The van der Waals surface area contributed by atoms with Gasteiger partial charge in [0.2, 0.25) is 5.91 Å². The van der Waals surface area contributed by atoms with Gasteiger partial charge in [0.15, 0.2) is 12.4 Å². The Morgan fingerprint density at radius 1 is 0.929 bits per heavy atom. The fraction of sp³-hybridized carbons (Fsp3) is 0.348. The zero-order valence-corrected chi connectivity index (χ0v) is 15.8. The van der Waals surface area contributed by atoms with Crippen molar-refractivity contribution in [2.24, 2.45) is 0 Å². The van der Waals surface area contributed by atoms with E-state index in [1.54, 1.807) is 29.2 Å². The average Bonchev–Trinajstić information content (AvgIpc) is 3.34. The Kier molecular flexibility index (Phi) is 5.24. The topological polar surface area (TPSA) is 63.7 Å². The van der Waals surface area contributed by atoms with Gasteiger partial charge in [0.05, 0.1) is 6.42 Å². The summed E-state index contributed by atoms with van der Waals surface area (Å²) in [4.78, 5) is 37.9. The zero-order chi connectivity index (χ0) is 19.5. The molecule has 0 N–H and O–H groups in total. The van der Waals surface area contributed by atoms with E-state index < -0.39 is 5.97 Å². The van der Waals surface area contributed by atoms with Crippen molar-refractivity contribution in [3.8, 4) is 0 Å². The highest BCUT2D eigenvalue weighted by atomic mass is 16.5. The molecule has 1 heterocycles. The van der Waals surface area contributed by atoms with E-state index in [2.05, 4.69) is 12.1 Å². The van der Waals surface area contributed by atoms with Crippen molar-refractivity contribution >= 4 is 23.3 Å². The van der Waals surface area contributed by atoms with Gasteiger partial charge in [-0.2, -0.15) is 0 Å². The van der Waals surface area contributed by atoms with Crippen molar-refractivity contribution in [3.63, 3.8) is 0 Å². The van der Waals surface area contributed by atoms with Crippen molar-refractivity contribution in [1.29, 1.82) is 0 Å². The molecule has 0 unspecified atom stereocenters. The van der Waals surface area contributed by atoms with Crippen LogP contribution in [0.5, 0.6) is 0 Å². The van der Waals surface area contributed by atoms with Gasteiger partial charge in [0, 0.05) is 24.2 Å². The maximum absolute atomic E-state index is 12.3. The van der Waals surface area contributed by atoms with Crippen molar-refractivity contribution in [3.05, 3.63) is 64.7 Å². The molecule has 5 heteroatoms. The van der Waals surface area contributed by atoms with Crippen molar-refractivity contribution in [2.75, 3.05) is 18.1 Å². The summed E-state index contributed by atoms with van der Waals surface area (Å²) in [7, 11) is 0. The molecule has 0 spiro atoms. The molecule has 1 aliphatic heterocycles. The minimum absolute atomic E-state index is 0.111. The molecule has 2 aromatic rings. The molecule has 144 valence electrons. The molecule has 1 saturated heterocycles. The number of anilines is 1. The number of nitrogens with zero attached hydrogens (tertiary/aromatic N) is 1. The highest BCUT2D eigenvalue weighted by Crippen LogP contribution is 2.23. The van der Waals surface area contributed by atoms with Crippen molar-refractivity contribution in [1.82, 2.24) is 0 Å². The van der Waals surface area contributed by atoms with Crippen LogP contribution in [0.2, 0.25) is 0 Å². The highest BCUT2D eigenvalue weighted by Gasteiger charge is 2.22. The quantitative estimate of drug-likeness (QED) is 0.573. The molecule has 0 atom stereocenters. The second kappa shape index (κ2) is 7.97. The highest BCUT2D eigenvalue weighted by molar-refractivity contribution is 5.99. The lowest BCUT2D eigenvalue weighted by molar-refractivity contribution is -0.141. The first-order valence-electron chi connectivity index (χ1n) is 9.80. The Morgan fingerprint density at radius 2 is 1.71 bits per heavy atom. The molecule has 0 bridgehead atoms. The van der Waals surface area contributed by atoms with E-state index >= 15 is 0 Å². The minimum Gasteiger partial charge on any atom is -0.457 e. The third kappa shape index (κ3) is 3.98. The van der Waals surface area contributed by atoms with Crippen LogP contribution >= 0.6 is 0 Å². The number of Topliss-reactive ketones (excluding diaryl/α,β-unsaturated/α-hetero) is 1. The Bertz CT molecular complexity index is 917. The molecule has 28 heavy (non-hydrogen) atoms. The Labute approximate surface area is 164 Å². The first-order chi connectivity index (χ1) is 13.6. The number of esters is 1. The van der Waals surface area contributed by atoms with Crippen LogP contribution in [-0.2, 0) is 33.6 Å². The number of ether oxygens (including phenoxy) is 1. The Morgan fingerprint density at radius 3 is 2.46 bits per heavy atom. The second-order valence-corrected chi connectivity index (χ2v) is 7.41. The van der Waals surface area contributed by atoms with Gasteiger partial charge in [-0.05, 0) is 66.6 Å². The predicted octanol–water partition coefficient (Wildman–Crippen LogP) is 3.27. The molecule has 1 fully saturated rings. The maximum atomic E-state index is 12.3. The number of rotatable bonds is 6. The van der Waals surface area contributed by atoms with Gasteiger partial charge in [0.25, 0.3) is 0 Å². The van der Waals surface area contributed by atoms with Crippen LogP contribution < -0.4 is 4.90 Å². The molecule has 5 nitrogen and oxygen atoms in total. The van der Waals surface area contributed by atoms with Gasteiger partial charge in [0.1, 0.15) is 0 Å².